The number of rotatable bonds is 4. The number of aromatic amines is 1. The Labute approximate surface area is 227 Å². The first-order valence-corrected chi connectivity index (χ1v) is 14.9. The second-order valence-corrected chi connectivity index (χ2v) is 13.6. The number of H-pyrrole nitrogens is 1. The van der Waals surface area contributed by atoms with Crippen LogP contribution in [0.4, 0.5) is 0 Å². The minimum Gasteiger partial charge on any atom is -0.393 e. The monoisotopic (exact) mass is 532 g/mol. The van der Waals surface area contributed by atoms with E-state index in [1.807, 2.05) is 42.2 Å². The van der Waals surface area contributed by atoms with Crippen LogP contribution in [-0.4, -0.2) is 53.2 Å². The van der Waals surface area contributed by atoms with Crippen molar-refractivity contribution in [2.45, 2.75) is 69.2 Å². The van der Waals surface area contributed by atoms with Crippen LogP contribution in [0.15, 0.2) is 41.2 Å². The summed E-state index contributed by atoms with van der Waals surface area (Å²) >= 11 is 1.36. The SMILES string of the molecule is Cn1ncc2c1C=C1CCC3C([C@@H](O)CC4(C)C3CC[C@]4(O)C(=O)CSc3nc4ccccc4[nH]3)C1(C)C2. The number of carbonyl (C=O) groups excluding carboxylic acids is 1. The van der Waals surface area contributed by atoms with Crippen LogP contribution in [0.1, 0.15) is 57.2 Å². The summed E-state index contributed by atoms with van der Waals surface area (Å²) < 4.78 is 1.95. The predicted octanol–water partition coefficient (Wildman–Crippen LogP) is 4.54. The first-order chi connectivity index (χ1) is 18.1. The summed E-state index contributed by atoms with van der Waals surface area (Å²) in [5.74, 6) is 0.649. The summed E-state index contributed by atoms with van der Waals surface area (Å²) in [6.45, 7) is 4.40. The van der Waals surface area contributed by atoms with Crippen LogP contribution < -0.4 is 0 Å². The van der Waals surface area contributed by atoms with Gasteiger partial charge in [0.25, 0.3) is 0 Å². The maximum absolute atomic E-state index is 13.7. The smallest absolute Gasteiger partial charge is 0.175 e. The molecular formula is C30H36N4O3S. The third-order valence-corrected chi connectivity index (χ3v) is 11.8. The van der Waals surface area contributed by atoms with E-state index in [0.717, 1.165) is 36.7 Å². The molecule has 8 heteroatoms. The molecule has 0 saturated heterocycles. The summed E-state index contributed by atoms with van der Waals surface area (Å²) in [6.07, 6.45) is 8.36. The Bertz CT molecular complexity index is 1440. The number of Topliss-reactive ketones (excluding diaryl/α,β-unsaturated/α-hetero) is 1. The number of para-hydroxylation sites is 2. The summed E-state index contributed by atoms with van der Waals surface area (Å²) in [5, 5.41) is 29.0. The summed E-state index contributed by atoms with van der Waals surface area (Å²) in [4.78, 5) is 21.6. The maximum atomic E-state index is 13.7. The molecule has 0 bridgehead atoms. The van der Waals surface area contributed by atoms with Gasteiger partial charge in [0.1, 0.15) is 5.60 Å². The van der Waals surface area contributed by atoms with Crippen molar-refractivity contribution < 1.29 is 15.0 Å². The van der Waals surface area contributed by atoms with Crippen molar-refractivity contribution in [2.75, 3.05) is 5.75 Å². The maximum Gasteiger partial charge on any atom is 0.175 e. The number of imidazole rings is 1. The molecule has 3 fully saturated rings. The van der Waals surface area contributed by atoms with E-state index >= 15 is 0 Å². The van der Waals surface area contributed by atoms with Gasteiger partial charge in [-0.15, -0.1) is 0 Å². The number of thioether (sulfide) groups is 1. The zero-order valence-corrected chi connectivity index (χ0v) is 23.1. The lowest BCUT2D eigenvalue weighted by Crippen LogP contribution is -2.62. The van der Waals surface area contributed by atoms with Crippen LogP contribution >= 0.6 is 11.8 Å². The van der Waals surface area contributed by atoms with Gasteiger partial charge in [0.2, 0.25) is 0 Å². The number of aryl methyl sites for hydroxylation is 1. The number of hydrogen-bond acceptors (Lipinski definition) is 6. The minimum atomic E-state index is -1.43. The Morgan fingerprint density at radius 1 is 1.26 bits per heavy atom. The number of benzene rings is 1. The summed E-state index contributed by atoms with van der Waals surface area (Å²) in [7, 11) is 1.99. The molecule has 4 aliphatic rings. The highest BCUT2D eigenvalue weighted by molar-refractivity contribution is 7.99. The number of ketones is 1. The fraction of sp³-hybridized carbons (Fsp3) is 0.567. The number of hydrogen-bond donors (Lipinski definition) is 3. The Morgan fingerprint density at radius 3 is 2.89 bits per heavy atom. The molecule has 7 rings (SSSR count). The van der Waals surface area contributed by atoms with Gasteiger partial charge in [-0.05, 0) is 85.5 Å². The molecule has 0 aliphatic heterocycles. The molecule has 2 heterocycles. The Morgan fingerprint density at radius 2 is 2.08 bits per heavy atom. The molecule has 0 spiro atoms. The van der Waals surface area contributed by atoms with E-state index in [-0.39, 0.29) is 34.7 Å². The third-order valence-electron chi connectivity index (χ3n) is 10.9. The van der Waals surface area contributed by atoms with Crippen molar-refractivity contribution in [3.05, 3.63) is 47.3 Å². The van der Waals surface area contributed by atoms with Gasteiger partial charge in [-0.2, -0.15) is 5.10 Å². The molecule has 0 radical (unpaired) electrons. The molecule has 3 saturated carbocycles. The Hall–Kier alpha value is -2.42. The van der Waals surface area contributed by atoms with E-state index < -0.39 is 17.1 Å². The molecule has 7 atom stereocenters. The van der Waals surface area contributed by atoms with Crippen molar-refractivity contribution >= 4 is 34.7 Å². The molecule has 4 aliphatic carbocycles. The molecule has 0 amide bonds. The molecule has 5 unspecified atom stereocenters. The molecule has 2 aromatic heterocycles. The lowest BCUT2D eigenvalue weighted by molar-refractivity contribution is -0.177. The molecular weight excluding hydrogens is 496 g/mol. The summed E-state index contributed by atoms with van der Waals surface area (Å²) in [5.41, 5.74) is 3.49. The van der Waals surface area contributed by atoms with E-state index in [9.17, 15) is 15.0 Å². The number of carbonyl (C=O) groups is 1. The summed E-state index contributed by atoms with van der Waals surface area (Å²) in [6, 6.07) is 7.81. The molecule has 38 heavy (non-hydrogen) atoms. The lowest BCUT2D eigenvalue weighted by atomic mass is 9.45. The van der Waals surface area contributed by atoms with Gasteiger partial charge in [0.05, 0.1) is 34.8 Å². The lowest BCUT2D eigenvalue weighted by Gasteiger charge is -2.60. The predicted molar refractivity (Wildman–Crippen MR) is 147 cm³/mol. The number of fused-ring (bicyclic) bond motifs is 7. The second kappa shape index (κ2) is 8.29. The highest BCUT2D eigenvalue weighted by Gasteiger charge is 2.68. The van der Waals surface area contributed by atoms with E-state index in [0.29, 0.717) is 18.0 Å². The van der Waals surface area contributed by atoms with Crippen LogP contribution in [0.25, 0.3) is 17.1 Å². The van der Waals surface area contributed by atoms with Crippen molar-refractivity contribution in [3.63, 3.8) is 0 Å². The van der Waals surface area contributed by atoms with Crippen LogP contribution in [0.3, 0.4) is 0 Å². The molecule has 7 nitrogen and oxygen atoms in total. The second-order valence-electron chi connectivity index (χ2n) is 12.6. The number of nitrogens with one attached hydrogen (secondary N) is 1. The third kappa shape index (κ3) is 3.26. The van der Waals surface area contributed by atoms with Crippen molar-refractivity contribution in [2.24, 2.45) is 35.6 Å². The molecule has 3 N–H and O–H groups in total. The van der Waals surface area contributed by atoms with E-state index in [2.05, 4.69) is 35.0 Å². The first kappa shape index (κ1) is 24.6. The van der Waals surface area contributed by atoms with Crippen LogP contribution in [-0.2, 0) is 18.3 Å². The van der Waals surface area contributed by atoms with Gasteiger partial charge in [-0.25, -0.2) is 4.98 Å². The number of aliphatic hydroxyl groups is 2. The topological polar surface area (TPSA) is 104 Å². The Kier molecular flexibility index (Phi) is 5.37. The molecule has 200 valence electrons. The number of aromatic nitrogens is 4. The van der Waals surface area contributed by atoms with Crippen molar-refractivity contribution in [1.82, 2.24) is 19.7 Å². The fourth-order valence-electron chi connectivity index (χ4n) is 9.03. The largest absolute Gasteiger partial charge is 0.393 e. The zero-order chi connectivity index (χ0) is 26.4. The van der Waals surface area contributed by atoms with E-state index in [4.69, 9.17) is 0 Å². The van der Waals surface area contributed by atoms with Crippen molar-refractivity contribution in [1.29, 1.82) is 0 Å². The standard InChI is InChI=1S/C30H36N4O3S/c1-28-13-17-15-31-34(3)23(17)12-18(28)8-9-19-20-10-11-30(37,29(20,2)14-24(35)26(19)28)25(36)16-38-27-32-21-6-4-5-7-22(21)33-27/h4-7,12,15,19-20,24,26,35,37H,8-11,13-14,16H2,1-3H3,(H,32,33)/t19?,20?,24-,26?,28?,29?,30-/m0/s1. The molecule has 3 aromatic rings. The minimum absolute atomic E-state index is 0.122. The van der Waals surface area contributed by atoms with Gasteiger partial charge in [0.15, 0.2) is 10.9 Å². The number of allylic oxidation sites excluding steroid dienone is 1. The van der Waals surface area contributed by atoms with Gasteiger partial charge < -0.3 is 15.2 Å². The zero-order valence-electron chi connectivity index (χ0n) is 22.3. The van der Waals surface area contributed by atoms with Gasteiger partial charge >= 0.3 is 0 Å². The van der Waals surface area contributed by atoms with E-state index in [1.165, 1.54) is 28.6 Å². The van der Waals surface area contributed by atoms with Crippen LogP contribution in [0.2, 0.25) is 0 Å². The van der Waals surface area contributed by atoms with Gasteiger partial charge in [0, 0.05) is 12.5 Å². The normalized spacial score (nSPS) is 37.8. The van der Waals surface area contributed by atoms with Gasteiger partial charge in [-0.3, -0.25) is 9.48 Å². The highest BCUT2D eigenvalue weighted by atomic mass is 32.2. The Balaban J connectivity index is 1.14. The van der Waals surface area contributed by atoms with Crippen LogP contribution in [0, 0.1) is 28.6 Å². The first-order valence-electron chi connectivity index (χ1n) is 13.9. The molecule has 1 aromatic carbocycles. The fourth-order valence-corrected chi connectivity index (χ4v) is 9.88. The van der Waals surface area contributed by atoms with Gasteiger partial charge in [-0.1, -0.05) is 43.3 Å². The highest BCUT2D eigenvalue weighted by Crippen LogP contribution is 2.67. The average Bonchev–Trinajstić information content (AvgIpc) is 3.54. The average molecular weight is 533 g/mol. The number of nitrogens with zero attached hydrogens (tertiary/aromatic N) is 3. The van der Waals surface area contributed by atoms with Crippen molar-refractivity contribution in [3.8, 4) is 0 Å². The quantitative estimate of drug-likeness (QED) is 0.426. The van der Waals surface area contributed by atoms with Crippen LogP contribution in [0.5, 0.6) is 0 Å². The van der Waals surface area contributed by atoms with E-state index in [1.54, 1.807) is 0 Å². The number of aliphatic hydroxyl groups excluding tert-OH is 1.